The molecule has 18 heavy (non-hydrogen) atoms. The van der Waals surface area contributed by atoms with Crippen molar-refractivity contribution >= 4 is 5.91 Å². The van der Waals surface area contributed by atoms with E-state index in [1.807, 2.05) is 0 Å². The molecule has 100 valence electrons. The van der Waals surface area contributed by atoms with Crippen molar-refractivity contribution in [3.05, 3.63) is 12.2 Å². The van der Waals surface area contributed by atoms with Gasteiger partial charge in [-0.1, -0.05) is 19.3 Å². The predicted molar refractivity (Wildman–Crippen MR) is 67.7 cm³/mol. The Labute approximate surface area is 107 Å². The highest BCUT2D eigenvalue weighted by atomic mass is 16.2. The smallest absolute Gasteiger partial charge is 0.227 e. The highest BCUT2D eigenvalue weighted by Gasteiger charge is 2.37. The number of nitrogens with one attached hydrogen (secondary N) is 2. The largest absolute Gasteiger partial charge is 0.355 e. The van der Waals surface area contributed by atoms with E-state index in [9.17, 15) is 4.79 Å². The quantitative estimate of drug-likeness (QED) is 0.704. The van der Waals surface area contributed by atoms with Gasteiger partial charge in [0.1, 0.15) is 12.2 Å². The molecule has 0 radical (unpaired) electrons. The Morgan fingerprint density at radius 1 is 1.44 bits per heavy atom. The van der Waals surface area contributed by atoms with Crippen molar-refractivity contribution in [2.24, 2.45) is 11.1 Å². The van der Waals surface area contributed by atoms with E-state index in [0.717, 1.165) is 31.5 Å². The van der Waals surface area contributed by atoms with Gasteiger partial charge in [-0.3, -0.25) is 9.89 Å². The van der Waals surface area contributed by atoms with Gasteiger partial charge in [-0.05, 0) is 12.8 Å². The van der Waals surface area contributed by atoms with E-state index in [-0.39, 0.29) is 11.3 Å². The maximum atomic E-state index is 12.2. The Morgan fingerprint density at radius 2 is 2.22 bits per heavy atom. The van der Waals surface area contributed by atoms with Crippen molar-refractivity contribution in [3.63, 3.8) is 0 Å². The normalized spacial score (nSPS) is 18.5. The second-order valence-electron chi connectivity index (χ2n) is 4.98. The first-order valence-corrected chi connectivity index (χ1v) is 6.59. The fourth-order valence-corrected chi connectivity index (χ4v) is 2.59. The van der Waals surface area contributed by atoms with Gasteiger partial charge in [0.25, 0.3) is 0 Å². The molecule has 1 heterocycles. The maximum Gasteiger partial charge on any atom is 0.227 e. The van der Waals surface area contributed by atoms with Gasteiger partial charge in [0, 0.05) is 19.5 Å². The maximum absolute atomic E-state index is 12.2. The number of amides is 1. The van der Waals surface area contributed by atoms with Crippen LogP contribution < -0.4 is 11.1 Å². The Hall–Kier alpha value is -1.43. The molecule has 0 aliphatic heterocycles. The zero-order valence-electron chi connectivity index (χ0n) is 10.6. The second kappa shape index (κ2) is 5.95. The topological polar surface area (TPSA) is 96.7 Å². The third-order valence-electron chi connectivity index (χ3n) is 3.80. The molecule has 2 rings (SSSR count). The lowest BCUT2D eigenvalue weighted by Gasteiger charge is -2.34. The average molecular weight is 251 g/mol. The number of carbonyl (C=O) groups excluding carboxylic acids is 1. The molecule has 0 spiro atoms. The number of nitrogens with zero attached hydrogens (tertiary/aromatic N) is 2. The molecular formula is C12H21N5O. The number of carbonyl (C=O) groups is 1. The van der Waals surface area contributed by atoms with Gasteiger partial charge in [-0.2, -0.15) is 5.10 Å². The molecule has 4 N–H and O–H groups in total. The first-order valence-electron chi connectivity index (χ1n) is 6.59. The molecule has 0 bridgehead atoms. The molecule has 1 aromatic heterocycles. The number of nitrogens with two attached hydrogens (primary N) is 1. The van der Waals surface area contributed by atoms with Gasteiger partial charge in [-0.25, -0.2) is 4.98 Å². The number of hydrogen-bond acceptors (Lipinski definition) is 4. The molecule has 0 unspecified atom stereocenters. The number of aromatic nitrogens is 3. The van der Waals surface area contributed by atoms with Crippen LogP contribution in [0.5, 0.6) is 0 Å². The van der Waals surface area contributed by atoms with Crippen molar-refractivity contribution in [2.45, 2.75) is 38.5 Å². The fourth-order valence-electron chi connectivity index (χ4n) is 2.59. The second-order valence-corrected chi connectivity index (χ2v) is 4.98. The average Bonchev–Trinajstić information content (AvgIpc) is 2.92. The first kappa shape index (κ1) is 13.0. The van der Waals surface area contributed by atoms with Crippen molar-refractivity contribution in [3.8, 4) is 0 Å². The minimum atomic E-state index is -0.334. The van der Waals surface area contributed by atoms with Crippen molar-refractivity contribution in [2.75, 3.05) is 13.1 Å². The monoisotopic (exact) mass is 251 g/mol. The molecule has 1 fully saturated rings. The van der Waals surface area contributed by atoms with Crippen LogP contribution in [-0.2, 0) is 11.2 Å². The highest BCUT2D eigenvalue weighted by molar-refractivity contribution is 5.83. The Balaban J connectivity index is 1.82. The van der Waals surface area contributed by atoms with Crippen LogP contribution in [0, 0.1) is 5.41 Å². The van der Waals surface area contributed by atoms with Crippen molar-refractivity contribution < 1.29 is 4.79 Å². The minimum Gasteiger partial charge on any atom is -0.355 e. The lowest BCUT2D eigenvalue weighted by atomic mass is 9.73. The van der Waals surface area contributed by atoms with Crippen LogP contribution in [0.25, 0.3) is 0 Å². The van der Waals surface area contributed by atoms with E-state index < -0.39 is 0 Å². The highest BCUT2D eigenvalue weighted by Crippen LogP contribution is 2.35. The number of H-pyrrole nitrogens is 1. The SMILES string of the molecule is NCC1(C(=O)NCCc2ncn[nH]2)CCCCC1. The summed E-state index contributed by atoms with van der Waals surface area (Å²) in [7, 11) is 0. The summed E-state index contributed by atoms with van der Waals surface area (Å²) in [6.07, 6.45) is 7.40. The van der Waals surface area contributed by atoms with Gasteiger partial charge in [0.15, 0.2) is 0 Å². The summed E-state index contributed by atoms with van der Waals surface area (Å²) in [5.41, 5.74) is 5.48. The standard InChI is InChI=1S/C12H21N5O/c13-8-12(5-2-1-3-6-12)11(18)14-7-4-10-15-9-16-17-10/h9H,1-8,13H2,(H,14,18)(H,15,16,17). The summed E-state index contributed by atoms with van der Waals surface area (Å²) in [4.78, 5) is 16.3. The number of hydrogen-bond donors (Lipinski definition) is 3. The summed E-state index contributed by atoms with van der Waals surface area (Å²) >= 11 is 0. The summed E-state index contributed by atoms with van der Waals surface area (Å²) in [5, 5.41) is 9.52. The fraction of sp³-hybridized carbons (Fsp3) is 0.750. The molecular weight excluding hydrogens is 230 g/mol. The predicted octanol–water partition coefficient (Wildman–Crippen LogP) is 0.373. The summed E-state index contributed by atoms with van der Waals surface area (Å²) in [5.74, 6) is 0.893. The zero-order chi connectivity index (χ0) is 12.8. The van der Waals surface area contributed by atoms with Crippen LogP contribution >= 0.6 is 0 Å². The van der Waals surface area contributed by atoms with E-state index in [1.54, 1.807) is 0 Å². The molecule has 0 aromatic carbocycles. The lowest BCUT2D eigenvalue weighted by molar-refractivity contribution is -0.132. The molecule has 0 atom stereocenters. The van der Waals surface area contributed by atoms with Crippen LogP contribution in [0.2, 0.25) is 0 Å². The van der Waals surface area contributed by atoms with Crippen LogP contribution in [0.4, 0.5) is 0 Å². The van der Waals surface area contributed by atoms with Crippen LogP contribution in [0.3, 0.4) is 0 Å². The first-order chi connectivity index (χ1) is 8.77. The van der Waals surface area contributed by atoms with Crippen molar-refractivity contribution in [1.82, 2.24) is 20.5 Å². The molecule has 1 amide bonds. The van der Waals surface area contributed by atoms with Gasteiger partial charge in [0.05, 0.1) is 5.41 Å². The lowest BCUT2D eigenvalue weighted by Crippen LogP contribution is -2.47. The molecule has 1 aliphatic rings. The third-order valence-corrected chi connectivity index (χ3v) is 3.80. The number of aromatic amines is 1. The van der Waals surface area contributed by atoms with Gasteiger partial charge < -0.3 is 11.1 Å². The summed E-state index contributed by atoms with van der Waals surface area (Å²) < 4.78 is 0. The van der Waals surface area contributed by atoms with E-state index in [4.69, 9.17) is 5.73 Å². The number of rotatable bonds is 5. The van der Waals surface area contributed by atoms with E-state index >= 15 is 0 Å². The van der Waals surface area contributed by atoms with E-state index in [1.165, 1.54) is 12.7 Å². The molecule has 1 aliphatic carbocycles. The Morgan fingerprint density at radius 3 is 2.83 bits per heavy atom. The van der Waals surface area contributed by atoms with Gasteiger partial charge in [-0.15, -0.1) is 0 Å². The molecule has 0 saturated heterocycles. The summed E-state index contributed by atoms with van der Waals surface area (Å²) in [6.45, 7) is 1.02. The third kappa shape index (κ3) is 2.87. The van der Waals surface area contributed by atoms with Gasteiger partial charge in [0.2, 0.25) is 5.91 Å². The molecule has 6 heteroatoms. The van der Waals surface area contributed by atoms with Crippen LogP contribution in [0.15, 0.2) is 6.33 Å². The van der Waals surface area contributed by atoms with E-state index in [0.29, 0.717) is 19.5 Å². The summed E-state index contributed by atoms with van der Waals surface area (Å²) in [6, 6.07) is 0. The molecule has 6 nitrogen and oxygen atoms in total. The van der Waals surface area contributed by atoms with Gasteiger partial charge >= 0.3 is 0 Å². The Bertz CT molecular complexity index is 370. The minimum absolute atomic E-state index is 0.101. The molecule has 1 aromatic rings. The Kier molecular flexibility index (Phi) is 4.30. The van der Waals surface area contributed by atoms with Crippen molar-refractivity contribution in [1.29, 1.82) is 0 Å². The zero-order valence-corrected chi connectivity index (χ0v) is 10.6. The van der Waals surface area contributed by atoms with E-state index in [2.05, 4.69) is 20.5 Å². The molecule has 1 saturated carbocycles. The van der Waals surface area contributed by atoms with Crippen LogP contribution in [0.1, 0.15) is 37.9 Å². The van der Waals surface area contributed by atoms with Crippen LogP contribution in [-0.4, -0.2) is 34.2 Å².